The molecular weight excluding hydrogens is 260 g/mol. The van der Waals surface area contributed by atoms with Gasteiger partial charge in [0, 0.05) is 10.9 Å². The molecule has 1 fully saturated rings. The van der Waals surface area contributed by atoms with E-state index in [-0.39, 0.29) is 6.10 Å². The summed E-state index contributed by atoms with van der Waals surface area (Å²) in [5.74, 6) is 0. The Hall–Kier alpha value is -1.74. The Morgan fingerprint density at radius 3 is 2.79 bits per heavy atom. The number of ether oxygens (including phenoxy) is 2. The highest BCUT2D eigenvalue weighted by atomic mass is 32.1. The number of nitriles is 1. The number of hydrogen-bond acceptors (Lipinski definition) is 5. The topological polar surface area (TPSA) is 55.1 Å². The van der Waals surface area contributed by atoms with Crippen LogP contribution in [0.4, 0.5) is 0 Å². The lowest BCUT2D eigenvalue weighted by Gasteiger charge is -2.20. The first-order valence-corrected chi connectivity index (χ1v) is 6.90. The first-order valence-electron chi connectivity index (χ1n) is 6.02. The van der Waals surface area contributed by atoms with Gasteiger partial charge < -0.3 is 9.47 Å². The Balaban J connectivity index is 1.81. The molecule has 3 rings (SSSR count). The second-order valence-corrected chi connectivity index (χ2v) is 5.08. The van der Waals surface area contributed by atoms with E-state index in [1.165, 1.54) is 0 Å². The Kier molecular flexibility index (Phi) is 3.56. The van der Waals surface area contributed by atoms with Crippen LogP contribution >= 0.6 is 11.3 Å². The van der Waals surface area contributed by atoms with Crippen LogP contribution in [0.25, 0.3) is 11.3 Å². The van der Waals surface area contributed by atoms with Crippen LogP contribution in [0.15, 0.2) is 29.6 Å². The van der Waals surface area contributed by atoms with E-state index in [4.69, 9.17) is 14.7 Å². The van der Waals surface area contributed by atoms with E-state index in [2.05, 4.69) is 11.1 Å². The van der Waals surface area contributed by atoms with E-state index in [9.17, 15) is 0 Å². The molecule has 1 saturated heterocycles. The van der Waals surface area contributed by atoms with Gasteiger partial charge in [0.2, 0.25) is 0 Å². The van der Waals surface area contributed by atoms with Crippen molar-refractivity contribution < 1.29 is 9.47 Å². The zero-order chi connectivity index (χ0) is 13.1. The normalized spacial score (nSPS) is 19.0. The van der Waals surface area contributed by atoms with Gasteiger partial charge in [0.05, 0.1) is 37.1 Å². The van der Waals surface area contributed by atoms with Gasteiger partial charge in [0.1, 0.15) is 11.1 Å². The molecule has 0 spiro atoms. The molecule has 1 aromatic carbocycles. The molecule has 5 heteroatoms. The lowest BCUT2D eigenvalue weighted by Crippen LogP contribution is -2.21. The summed E-state index contributed by atoms with van der Waals surface area (Å²) >= 11 is 1.58. The van der Waals surface area contributed by atoms with Crippen molar-refractivity contribution in [3.05, 3.63) is 40.2 Å². The van der Waals surface area contributed by atoms with Crippen LogP contribution in [0.3, 0.4) is 0 Å². The lowest BCUT2D eigenvalue weighted by atomic mass is 10.1. The Labute approximate surface area is 115 Å². The maximum atomic E-state index is 8.78. The molecule has 1 aliphatic rings. The molecule has 4 nitrogen and oxygen atoms in total. The third kappa shape index (κ3) is 2.66. The highest BCUT2D eigenvalue weighted by Crippen LogP contribution is 2.28. The maximum absolute atomic E-state index is 8.78. The van der Waals surface area contributed by atoms with Crippen LogP contribution in [-0.2, 0) is 9.47 Å². The predicted molar refractivity (Wildman–Crippen MR) is 71.8 cm³/mol. The Morgan fingerprint density at radius 1 is 1.26 bits per heavy atom. The first kappa shape index (κ1) is 12.3. The highest BCUT2D eigenvalue weighted by molar-refractivity contribution is 7.10. The van der Waals surface area contributed by atoms with Gasteiger partial charge in [-0.05, 0) is 12.1 Å². The summed E-state index contributed by atoms with van der Waals surface area (Å²) in [5, 5.41) is 11.7. The molecule has 1 aromatic heterocycles. The Morgan fingerprint density at radius 2 is 2.11 bits per heavy atom. The highest BCUT2D eigenvalue weighted by Gasteiger charge is 2.20. The van der Waals surface area contributed by atoms with Crippen molar-refractivity contribution in [1.82, 2.24) is 4.98 Å². The number of rotatable bonds is 2. The summed E-state index contributed by atoms with van der Waals surface area (Å²) in [4.78, 5) is 4.59. The van der Waals surface area contributed by atoms with Crippen molar-refractivity contribution in [3.8, 4) is 17.3 Å². The SMILES string of the molecule is N#Cc1ccc(-c2csc(C3COCCO3)n2)cc1. The molecule has 19 heavy (non-hydrogen) atoms. The molecule has 0 radical (unpaired) electrons. The van der Waals surface area contributed by atoms with Gasteiger partial charge in [0.15, 0.2) is 0 Å². The van der Waals surface area contributed by atoms with Gasteiger partial charge >= 0.3 is 0 Å². The summed E-state index contributed by atoms with van der Waals surface area (Å²) in [6, 6.07) is 9.53. The number of nitrogens with zero attached hydrogens (tertiary/aromatic N) is 2. The maximum Gasteiger partial charge on any atom is 0.132 e. The molecule has 1 aliphatic heterocycles. The fourth-order valence-corrected chi connectivity index (χ4v) is 2.77. The monoisotopic (exact) mass is 272 g/mol. The van der Waals surface area contributed by atoms with Crippen molar-refractivity contribution in [3.63, 3.8) is 0 Å². The molecular formula is C14H12N2O2S. The van der Waals surface area contributed by atoms with Crippen LogP contribution in [0.1, 0.15) is 16.7 Å². The summed E-state index contributed by atoms with van der Waals surface area (Å²) in [7, 11) is 0. The van der Waals surface area contributed by atoms with Gasteiger partial charge in [-0.3, -0.25) is 0 Å². The molecule has 0 bridgehead atoms. The molecule has 0 saturated carbocycles. The van der Waals surface area contributed by atoms with Crippen molar-refractivity contribution in [1.29, 1.82) is 5.26 Å². The molecule has 2 aromatic rings. The van der Waals surface area contributed by atoms with E-state index in [0.717, 1.165) is 16.3 Å². The van der Waals surface area contributed by atoms with Gasteiger partial charge in [-0.1, -0.05) is 12.1 Å². The van der Waals surface area contributed by atoms with E-state index in [1.807, 2.05) is 17.5 Å². The zero-order valence-electron chi connectivity index (χ0n) is 10.2. The van der Waals surface area contributed by atoms with Crippen LogP contribution < -0.4 is 0 Å². The third-order valence-electron chi connectivity index (χ3n) is 2.92. The second kappa shape index (κ2) is 5.49. The standard InChI is InChI=1S/C14H12N2O2S/c15-7-10-1-3-11(4-2-10)12-9-19-14(16-12)13-8-17-5-6-18-13/h1-4,9,13H,5-6,8H2. The molecule has 2 heterocycles. The van der Waals surface area contributed by atoms with Crippen molar-refractivity contribution in [2.24, 2.45) is 0 Å². The fraction of sp³-hybridized carbons (Fsp3) is 0.286. The van der Waals surface area contributed by atoms with Crippen molar-refractivity contribution in [2.75, 3.05) is 19.8 Å². The molecule has 0 amide bonds. The van der Waals surface area contributed by atoms with E-state index >= 15 is 0 Å². The second-order valence-electron chi connectivity index (χ2n) is 4.19. The quantitative estimate of drug-likeness (QED) is 0.843. The minimum Gasteiger partial charge on any atom is -0.376 e. The molecule has 0 N–H and O–H groups in total. The van der Waals surface area contributed by atoms with Gasteiger partial charge in [-0.15, -0.1) is 11.3 Å². The number of thiazole rings is 1. The summed E-state index contributed by atoms with van der Waals surface area (Å²) in [6.07, 6.45) is -0.0501. The Bertz CT molecular complexity index is 595. The average Bonchev–Trinajstić information content (AvgIpc) is 2.98. The summed E-state index contributed by atoms with van der Waals surface area (Å²) < 4.78 is 11.0. The third-order valence-corrected chi connectivity index (χ3v) is 3.86. The predicted octanol–water partition coefficient (Wildman–Crippen LogP) is 2.77. The summed E-state index contributed by atoms with van der Waals surface area (Å²) in [6.45, 7) is 1.85. The number of hydrogen-bond donors (Lipinski definition) is 0. The van der Waals surface area contributed by atoms with E-state index < -0.39 is 0 Å². The first-order chi connectivity index (χ1) is 9.36. The van der Waals surface area contributed by atoms with Crippen LogP contribution in [0, 0.1) is 11.3 Å². The van der Waals surface area contributed by atoms with Gasteiger partial charge in [-0.25, -0.2) is 4.98 Å². The van der Waals surface area contributed by atoms with Crippen LogP contribution in [-0.4, -0.2) is 24.8 Å². The minimum absolute atomic E-state index is 0.0501. The lowest BCUT2D eigenvalue weighted by molar-refractivity contribution is -0.0901. The smallest absolute Gasteiger partial charge is 0.132 e. The minimum atomic E-state index is -0.0501. The number of benzene rings is 1. The number of aromatic nitrogens is 1. The molecule has 96 valence electrons. The molecule has 1 unspecified atom stereocenters. The zero-order valence-corrected chi connectivity index (χ0v) is 11.0. The molecule has 0 aliphatic carbocycles. The van der Waals surface area contributed by atoms with Crippen molar-refractivity contribution in [2.45, 2.75) is 6.10 Å². The fourth-order valence-electron chi connectivity index (χ4n) is 1.91. The van der Waals surface area contributed by atoms with Crippen molar-refractivity contribution >= 4 is 11.3 Å². The van der Waals surface area contributed by atoms with Gasteiger partial charge in [-0.2, -0.15) is 5.26 Å². The van der Waals surface area contributed by atoms with E-state index in [1.54, 1.807) is 23.5 Å². The van der Waals surface area contributed by atoms with E-state index in [0.29, 0.717) is 25.4 Å². The van der Waals surface area contributed by atoms with Crippen LogP contribution in [0.2, 0.25) is 0 Å². The summed E-state index contributed by atoms with van der Waals surface area (Å²) in [5.41, 5.74) is 2.58. The molecule has 1 atom stereocenters. The van der Waals surface area contributed by atoms with Gasteiger partial charge in [0.25, 0.3) is 0 Å². The largest absolute Gasteiger partial charge is 0.376 e. The van der Waals surface area contributed by atoms with Crippen LogP contribution in [0.5, 0.6) is 0 Å². The average molecular weight is 272 g/mol.